The third-order valence-electron chi connectivity index (χ3n) is 9.71. The summed E-state index contributed by atoms with van der Waals surface area (Å²) in [5.74, 6) is 0.242. The van der Waals surface area contributed by atoms with Crippen LogP contribution in [0.5, 0.6) is 0 Å². The van der Waals surface area contributed by atoms with E-state index in [-0.39, 0.29) is 5.92 Å². The van der Waals surface area contributed by atoms with E-state index in [2.05, 4.69) is 213 Å². The number of hydrogen-bond acceptors (Lipinski definition) is 2. The van der Waals surface area contributed by atoms with E-state index < -0.39 is 0 Å². The molecule has 0 aliphatic carbocycles. The first-order chi connectivity index (χ1) is 24.9. The van der Waals surface area contributed by atoms with Gasteiger partial charge in [-0.05, 0) is 152 Å². The van der Waals surface area contributed by atoms with Gasteiger partial charge in [0.15, 0.2) is 0 Å². The van der Waals surface area contributed by atoms with Crippen molar-refractivity contribution in [2.75, 3.05) is 9.80 Å². The van der Waals surface area contributed by atoms with Crippen LogP contribution in [0.3, 0.4) is 0 Å². The third-order valence-corrected chi connectivity index (χ3v) is 9.71. The van der Waals surface area contributed by atoms with Crippen molar-refractivity contribution < 1.29 is 0 Å². The molecular formula is C49H46N2. The molecule has 0 atom stereocenters. The highest BCUT2D eigenvalue weighted by atomic mass is 15.1. The van der Waals surface area contributed by atoms with E-state index in [9.17, 15) is 0 Å². The Balaban J connectivity index is 1.25. The van der Waals surface area contributed by atoms with Crippen LogP contribution in [-0.4, -0.2) is 0 Å². The number of rotatable bonds is 11. The van der Waals surface area contributed by atoms with Crippen LogP contribution in [0.1, 0.15) is 51.3 Å². The lowest BCUT2D eigenvalue weighted by atomic mass is 9.86. The van der Waals surface area contributed by atoms with Gasteiger partial charge in [0.1, 0.15) is 0 Å². The van der Waals surface area contributed by atoms with Crippen LogP contribution in [0.25, 0.3) is 0 Å². The van der Waals surface area contributed by atoms with Crippen LogP contribution >= 0.6 is 0 Å². The molecule has 0 aromatic heterocycles. The molecule has 0 saturated heterocycles. The fourth-order valence-corrected chi connectivity index (χ4v) is 7.16. The number of aryl methyl sites for hydroxylation is 5. The molecule has 0 aliphatic rings. The largest absolute Gasteiger partial charge is 0.310 e. The van der Waals surface area contributed by atoms with Gasteiger partial charge in [-0.3, -0.25) is 0 Å². The van der Waals surface area contributed by atoms with Gasteiger partial charge in [-0.1, -0.05) is 103 Å². The van der Waals surface area contributed by atoms with Crippen LogP contribution in [0.15, 0.2) is 176 Å². The van der Waals surface area contributed by atoms with E-state index in [0.717, 1.165) is 47.0 Å². The maximum atomic E-state index is 2.36. The van der Waals surface area contributed by atoms with Crippen molar-refractivity contribution in [3.63, 3.8) is 0 Å². The van der Waals surface area contributed by atoms with E-state index in [1.165, 1.54) is 38.9 Å². The Morgan fingerprint density at radius 2 is 0.706 bits per heavy atom. The molecule has 252 valence electrons. The van der Waals surface area contributed by atoms with Crippen molar-refractivity contribution in [3.05, 3.63) is 215 Å². The lowest BCUT2D eigenvalue weighted by Crippen LogP contribution is -2.11. The zero-order valence-electron chi connectivity index (χ0n) is 30.1. The molecule has 0 aliphatic heterocycles. The Hall–Kier alpha value is -5.86. The number of anilines is 6. The van der Waals surface area contributed by atoms with Crippen LogP contribution in [-0.2, 0) is 6.42 Å². The third kappa shape index (κ3) is 7.97. The summed E-state index contributed by atoms with van der Waals surface area (Å²) in [6.07, 6.45) is 2.02. The minimum atomic E-state index is 0.242. The minimum absolute atomic E-state index is 0.242. The predicted molar refractivity (Wildman–Crippen MR) is 218 cm³/mol. The number of benzene rings is 7. The van der Waals surface area contributed by atoms with Crippen LogP contribution in [0.4, 0.5) is 34.1 Å². The Morgan fingerprint density at radius 3 is 1.04 bits per heavy atom. The van der Waals surface area contributed by atoms with Gasteiger partial charge in [-0.2, -0.15) is 0 Å². The van der Waals surface area contributed by atoms with E-state index in [1.54, 1.807) is 0 Å². The molecule has 0 heterocycles. The van der Waals surface area contributed by atoms with Crippen molar-refractivity contribution in [3.8, 4) is 0 Å². The maximum absolute atomic E-state index is 2.36. The summed E-state index contributed by atoms with van der Waals surface area (Å²) in [5.41, 5.74) is 16.0. The molecule has 0 amide bonds. The van der Waals surface area contributed by atoms with E-state index in [0.29, 0.717) is 0 Å². The zero-order chi connectivity index (χ0) is 35.2. The van der Waals surface area contributed by atoms with Gasteiger partial charge in [0.2, 0.25) is 0 Å². The van der Waals surface area contributed by atoms with Gasteiger partial charge in [-0.15, -0.1) is 0 Å². The predicted octanol–water partition coefficient (Wildman–Crippen LogP) is 13.6. The molecule has 0 saturated carbocycles. The van der Waals surface area contributed by atoms with Crippen LogP contribution in [0.2, 0.25) is 0 Å². The summed E-state index contributed by atoms with van der Waals surface area (Å²) in [6.45, 7) is 8.63. The van der Waals surface area contributed by atoms with E-state index in [4.69, 9.17) is 0 Å². The highest BCUT2D eigenvalue weighted by molar-refractivity contribution is 5.78. The van der Waals surface area contributed by atoms with Crippen LogP contribution < -0.4 is 9.80 Å². The smallest absolute Gasteiger partial charge is 0.0464 e. The van der Waals surface area contributed by atoms with Gasteiger partial charge in [0.05, 0.1) is 0 Å². The van der Waals surface area contributed by atoms with E-state index in [1.807, 2.05) is 0 Å². The number of hydrogen-bond donors (Lipinski definition) is 0. The molecule has 7 aromatic carbocycles. The van der Waals surface area contributed by atoms with Crippen molar-refractivity contribution in [1.29, 1.82) is 0 Å². The molecule has 0 fully saturated rings. The topological polar surface area (TPSA) is 6.48 Å². The minimum Gasteiger partial charge on any atom is -0.310 e. The molecule has 7 aromatic rings. The summed E-state index contributed by atoms with van der Waals surface area (Å²) >= 11 is 0. The first-order valence-electron chi connectivity index (χ1n) is 18.0. The molecule has 51 heavy (non-hydrogen) atoms. The average Bonchev–Trinajstić information content (AvgIpc) is 3.14. The Bertz CT molecular complexity index is 1970. The van der Waals surface area contributed by atoms with E-state index >= 15 is 0 Å². The molecule has 0 unspecified atom stereocenters. The summed E-state index contributed by atoms with van der Waals surface area (Å²) in [7, 11) is 0. The van der Waals surface area contributed by atoms with Gasteiger partial charge >= 0.3 is 0 Å². The van der Waals surface area contributed by atoms with Crippen molar-refractivity contribution in [2.45, 2.75) is 46.5 Å². The van der Waals surface area contributed by atoms with Crippen LogP contribution in [0, 0.1) is 27.7 Å². The second-order valence-electron chi connectivity index (χ2n) is 13.8. The fraction of sp³-hybridized carbons (Fsp3) is 0.143. The lowest BCUT2D eigenvalue weighted by Gasteiger charge is -2.28. The molecule has 7 rings (SSSR count). The highest BCUT2D eigenvalue weighted by Crippen LogP contribution is 2.39. The monoisotopic (exact) mass is 662 g/mol. The molecule has 0 spiro atoms. The highest BCUT2D eigenvalue weighted by Gasteiger charge is 2.19. The van der Waals surface area contributed by atoms with Gasteiger partial charge < -0.3 is 9.80 Å². The van der Waals surface area contributed by atoms with Crippen molar-refractivity contribution >= 4 is 34.1 Å². The first kappa shape index (κ1) is 33.6. The average molecular weight is 663 g/mol. The van der Waals surface area contributed by atoms with Gasteiger partial charge in [0.25, 0.3) is 0 Å². The van der Waals surface area contributed by atoms with Crippen molar-refractivity contribution in [1.82, 2.24) is 0 Å². The molecule has 2 nitrogen and oxygen atoms in total. The molecular weight excluding hydrogens is 617 g/mol. The lowest BCUT2D eigenvalue weighted by molar-refractivity contribution is 0.715. The summed E-state index contributed by atoms with van der Waals surface area (Å²) in [5, 5.41) is 0. The number of nitrogens with zero attached hydrogens (tertiary/aromatic N) is 2. The van der Waals surface area contributed by atoms with Gasteiger partial charge in [-0.25, -0.2) is 0 Å². The Morgan fingerprint density at radius 1 is 0.353 bits per heavy atom. The summed E-state index contributed by atoms with van der Waals surface area (Å²) < 4.78 is 0. The Kier molecular flexibility index (Phi) is 10.1. The zero-order valence-corrected chi connectivity index (χ0v) is 30.1. The second-order valence-corrected chi connectivity index (χ2v) is 13.8. The molecule has 0 radical (unpaired) electrons. The molecule has 2 heteroatoms. The summed E-state index contributed by atoms with van der Waals surface area (Å²) in [4.78, 5) is 4.73. The fourth-order valence-electron chi connectivity index (χ4n) is 7.16. The normalized spacial score (nSPS) is 11.1. The standard InChI is InChI=1S/C49H46N2/c1-36-12-8-18-45(32-36)50(46-19-9-13-37(2)33-46)43-27-23-41(24-28-43)49(31-22-40-16-6-5-7-17-40)42-25-29-44(30-26-42)51(47-20-10-14-38(3)34-47)48-21-11-15-39(4)35-48/h5-21,23-30,32-35,49H,22,31H2,1-4H3. The van der Waals surface area contributed by atoms with Gasteiger partial charge in [0, 0.05) is 40.0 Å². The SMILES string of the molecule is Cc1cccc(N(c2ccc(C(CCc3ccccc3)c3ccc(N(c4cccc(C)c4)c4cccc(C)c4)cc3)cc2)c2cccc(C)c2)c1. The maximum Gasteiger partial charge on any atom is 0.0464 e. The molecule has 0 N–H and O–H groups in total. The second kappa shape index (κ2) is 15.4. The quantitative estimate of drug-likeness (QED) is 0.136. The first-order valence-corrected chi connectivity index (χ1v) is 18.0. The van der Waals surface area contributed by atoms with Crippen molar-refractivity contribution in [2.24, 2.45) is 0 Å². The summed E-state index contributed by atoms with van der Waals surface area (Å²) in [6, 6.07) is 64.4. The molecule has 0 bridgehead atoms. The Labute approximate surface area is 304 Å².